The summed E-state index contributed by atoms with van der Waals surface area (Å²) in [5, 5.41) is 33.5. The second-order valence-electron chi connectivity index (χ2n) is 20.9. The third-order valence-electron chi connectivity index (χ3n) is 14.3. The van der Waals surface area contributed by atoms with Crippen LogP contribution < -0.4 is 5.32 Å². The van der Waals surface area contributed by atoms with Crippen molar-refractivity contribution in [3.8, 4) is 0 Å². The third-order valence-corrected chi connectivity index (χ3v) is 14.3. The zero-order chi connectivity index (χ0) is 47.9. The van der Waals surface area contributed by atoms with Crippen LogP contribution in [-0.2, 0) is 4.79 Å². The first-order valence-corrected chi connectivity index (χ1v) is 30.1. The van der Waals surface area contributed by atoms with Crippen molar-refractivity contribution in [3.63, 3.8) is 0 Å². The van der Waals surface area contributed by atoms with Gasteiger partial charge in [-0.15, -0.1) is 0 Å². The maximum absolute atomic E-state index is 12.6. The molecule has 4 N–H and O–H groups in total. The summed E-state index contributed by atoms with van der Waals surface area (Å²) in [6, 6.07) is -0.710. The minimum atomic E-state index is -1.07. The van der Waals surface area contributed by atoms with Crippen LogP contribution in [0.3, 0.4) is 0 Å². The molecule has 3 unspecified atom stereocenters. The molecule has 0 aliphatic heterocycles. The molecule has 0 fully saturated rings. The normalized spacial score (nSPS) is 13.3. The van der Waals surface area contributed by atoms with E-state index < -0.39 is 24.2 Å². The quantitative estimate of drug-likeness (QED) is 0.0361. The monoisotopic (exact) mass is 930 g/mol. The first-order valence-electron chi connectivity index (χ1n) is 30.1. The molecule has 0 radical (unpaired) electrons. The lowest BCUT2D eigenvalue weighted by Gasteiger charge is -2.23. The van der Waals surface area contributed by atoms with Crippen molar-refractivity contribution >= 4 is 5.91 Å². The lowest BCUT2D eigenvalue weighted by Crippen LogP contribution is -2.49. The van der Waals surface area contributed by atoms with E-state index in [1.165, 1.54) is 270 Å². The molecular weight excluding hydrogens is 811 g/mol. The number of allylic oxidation sites excluding steroid dienone is 4. The van der Waals surface area contributed by atoms with Crippen LogP contribution in [0.1, 0.15) is 335 Å². The second kappa shape index (κ2) is 56.4. The predicted molar refractivity (Wildman–Crippen MR) is 292 cm³/mol. The maximum Gasteiger partial charge on any atom is 0.249 e. The van der Waals surface area contributed by atoms with Crippen molar-refractivity contribution in [2.24, 2.45) is 0 Å². The highest BCUT2D eigenvalue weighted by Crippen LogP contribution is 2.18. The summed E-state index contributed by atoms with van der Waals surface area (Å²) in [6.45, 7) is 4.27. The van der Waals surface area contributed by atoms with Crippen LogP contribution in [0.5, 0.6) is 0 Å². The number of unbranched alkanes of at least 4 members (excludes halogenated alkanes) is 44. The molecule has 3 atom stereocenters. The van der Waals surface area contributed by atoms with Crippen LogP contribution >= 0.6 is 0 Å². The number of nitrogens with one attached hydrogen (secondary N) is 1. The molecule has 1 amide bonds. The van der Waals surface area contributed by atoms with Crippen LogP contribution in [0.2, 0.25) is 0 Å². The van der Waals surface area contributed by atoms with Crippen LogP contribution in [0.25, 0.3) is 0 Å². The first-order chi connectivity index (χ1) is 32.6. The van der Waals surface area contributed by atoms with Gasteiger partial charge in [0.2, 0.25) is 5.91 Å². The predicted octanol–water partition coefficient (Wildman–Crippen LogP) is 18.8. The fourth-order valence-corrected chi connectivity index (χ4v) is 9.64. The smallest absolute Gasteiger partial charge is 0.249 e. The Kier molecular flexibility index (Phi) is 55.4. The van der Waals surface area contributed by atoms with Crippen LogP contribution in [0.4, 0.5) is 0 Å². The third kappa shape index (κ3) is 50.7. The van der Waals surface area contributed by atoms with E-state index in [1.54, 1.807) is 0 Å². The highest BCUT2D eigenvalue weighted by molar-refractivity contribution is 5.80. The molecule has 0 saturated heterocycles. The largest absolute Gasteiger partial charge is 0.394 e. The minimum absolute atomic E-state index is 0.310. The van der Waals surface area contributed by atoms with Gasteiger partial charge in [-0.2, -0.15) is 0 Å². The van der Waals surface area contributed by atoms with Crippen molar-refractivity contribution < 1.29 is 20.1 Å². The zero-order valence-electron chi connectivity index (χ0n) is 44.9. The number of hydrogen-bond donors (Lipinski definition) is 4. The Hall–Kier alpha value is -1.17. The highest BCUT2D eigenvalue weighted by Gasteiger charge is 2.23. The van der Waals surface area contributed by atoms with E-state index >= 15 is 0 Å². The van der Waals surface area contributed by atoms with Gasteiger partial charge in [-0.05, 0) is 44.9 Å². The van der Waals surface area contributed by atoms with Gasteiger partial charge in [0.25, 0.3) is 0 Å². The Morgan fingerprint density at radius 1 is 0.364 bits per heavy atom. The number of hydrogen-bond acceptors (Lipinski definition) is 4. The number of aliphatic hydroxyl groups excluding tert-OH is 3. The van der Waals surface area contributed by atoms with Crippen LogP contribution in [0.15, 0.2) is 24.3 Å². The Labute approximate surface area is 413 Å². The van der Waals surface area contributed by atoms with Gasteiger partial charge in [0, 0.05) is 0 Å². The van der Waals surface area contributed by atoms with Crippen molar-refractivity contribution in [2.75, 3.05) is 6.61 Å². The summed E-state index contributed by atoms with van der Waals surface area (Å²) in [4.78, 5) is 12.6. The molecular formula is C61H119NO4. The summed E-state index contributed by atoms with van der Waals surface area (Å²) < 4.78 is 0. The summed E-state index contributed by atoms with van der Waals surface area (Å²) in [5.74, 6) is -0.466. The summed E-state index contributed by atoms with van der Waals surface area (Å²) in [7, 11) is 0. The van der Waals surface area contributed by atoms with E-state index in [0.29, 0.717) is 12.8 Å². The zero-order valence-corrected chi connectivity index (χ0v) is 44.9. The van der Waals surface area contributed by atoms with Gasteiger partial charge >= 0.3 is 0 Å². The van der Waals surface area contributed by atoms with Gasteiger partial charge in [0.05, 0.1) is 18.8 Å². The first kappa shape index (κ1) is 64.8. The molecule has 0 heterocycles. The average molecular weight is 931 g/mol. The van der Waals surface area contributed by atoms with E-state index in [-0.39, 0.29) is 6.61 Å². The van der Waals surface area contributed by atoms with E-state index in [4.69, 9.17) is 0 Å². The fraction of sp³-hybridized carbons (Fsp3) is 0.918. The van der Waals surface area contributed by atoms with Crippen LogP contribution in [-0.4, -0.2) is 46.1 Å². The van der Waals surface area contributed by atoms with Gasteiger partial charge in [-0.1, -0.05) is 314 Å². The molecule has 0 rings (SSSR count). The molecule has 0 aromatic carbocycles. The molecule has 66 heavy (non-hydrogen) atoms. The molecule has 0 aromatic heterocycles. The molecule has 5 nitrogen and oxygen atoms in total. The van der Waals surface area contributed by atoms with E-state index in [2.05, 4.69) is 43.5 Å². The number of aliphatic hydroxyl groups is 3. The van der Waals surface area contributed by atoms with E-state index in [1.807, 2.05) is 0 Å². The number of carbonyl (C=O) groups excluding carboxylic acids is 1. The average Bonchev–Trinajstić information content (AvgIpc) is 3.32. The van der Waals surface area contributed by atoms with Crippen molar-refractivity contribution in [3.05, 3.63) is 24.3 Å². The standard InChI is InChI=1S/C61H119NO4/c1-3-5-7-9-11-13-15-17-19-21-22-23-24-25-26-27-28-29-30-31-32-33-34-35-36-37-38-39-40-42-44-46-48-50-52-54-56-60(65)61(66)62-58(57-63)59(64)55-53-51-49-47-45-43-41-20-18-16-14-12-10-8-6-4-2/h26-27,29-30,58-60,63-65H,3-25,28,31-57H2,1-2H3,(H,62,66)/b27-26-,30-29-. The highest BCUT2D eigenvalue weighted by atomic mass is 16.3. The second-order valence-corrected chi connectivity index (χ2v) is 20.9. The molecule has 0 saturated carbocycles. The Morgan fingerprint density at radius 3 is 0.909 bits per heavy atom. The Morgan fingerprint density at radius 2 is 0.621 bits per heavy atom. The Bertz CT molecular complexity index is 982. The Balaban J connectivity index is 3.47. The number of carbonyl (C=O) groups is 1. The van der Waals surface area contributed by atoms with Gasteiger partial charge in [-0.3, -0.25) is 4.79 Å². The van der Waals surface area contributed by atoms with Crippen molar-refractivity contribution in [1.29, 1.82) is 0 Å². The van der Waals surface area contributed by atoms with Gasteiger partial charge in [0.15, 0.2) is 0 Å². The van der Waals surface area contributed by atoms with Crippen LogP contribution in [0, 0.1) is 0 Å². The van der Waals surface area contributed by atoms with E-state index in [9.17, 15) is 20.1 Å². The lowest BCUT2D eigenvalue weighted by atomic mass is 10.0. The SMILES string of the molecule is CCCCCCCCCCCCCCC/C=C\C/C=C\CCCCCCCCCCCCCCCCCCC(O)C(=O)NC(CO)C(O)CCCCCCCCCCCCCCCCCC. The molecule has 0 spiro atoms. The topological polar surface area (TPSA) is 89.8 Å². The number of rotatable bonds is 56. The van der Waals surface area contributed by atoms with Crippen molar-refractivity contribution in [2.45, 2.75) is 353 Å². The van der Waals surface area contributed by atoms with Crippen molar-refractivity contribution in [1.82, 2.24) is 5.32 Å². The molecule has 0 aliphatic rings. The molecule has 0 aliphatic carbocycles. The summed E-state index contributed by atoms with van der Waals surface area (Å²) in [6.07, 6.45) is 72.5. The molecule has 0 bridgehead atoms. The molecule has 0 aromatic rings. The number of amides is 1. The van der Waals surface area contributed by atoms with E-state index in [0.717, 1.165) is 38.5 Å². The fourth-order valence-electron chi connectivity index (χ4n) is 9.64. The minimum Gasteiger partial charge on any atom is -0.394 e. The maximum atomic E-state index is 12.6. The van der Waals surface area contributed by atoms with Gasteiger partial charge in [0.1, 0.15) is 6.10 Å². The summed E-state index contributed by atoms with van der Waals surface area (Å²) >= 11 is 0. The molecule has 5 heteroatoms. The molecule has 392 valence electrons. The van der Waals surface area contributed by atoms with Gasteiger partial charge in [-0.25, -0.2) is 0 Å². The summed E-state index contributed by atoms with van der Waals surface area (Å²) in [5.41, 5.74) is 0. The lowest BCUT2D eigenvalue weighted by molar-refractivity contribution is -0.131. The van der Waals surface area contributed by atoms with Gasteiger partial charge < -0.3 is 20.6 Å².